The molecule has 0 aliphatic carbocycles. The van der Waals surface area contributed by atoms with Crippen LogP contribution in [-0.4, -0.2) is 11.8 Å². The number of anilines is 2. The summed E-state index contributed by atoms with van der Waals surface area (Å²) in [6.07, 6.45) is -4.53. The molecule has 4 nitrogen and oxygen atoms in total. The van der Waals surface area contributed by atoms with E-state index in [9.17, 15) is 22.8 Å². The maximum Gasteiger partial charge on any atom is 0.416 e. The van der Waals surface area contributed by atoms with Crippen molar-refractivity contribution in [2.45, 2.75) is 20.0 Å². The summed E-state index contributed by atoms with van der Waals surface area (Å²) in [4.78, 5) is 23.7. The van der Waals surface area contributed by atoms with E-state index in [1.165, 1.54) is 6.07 Å². The lowest BCUT2D eigenvalue weighted by molar-refractivity contribution is -0.137. The van der Waals surface area contributed by atoms with Gasteiger partial charge in [0.1, 0.15) is 0 Å². The van der Waals surface area contributed by atoms with Gasteiger partial charge in [0, 0.05) is 11.4 Å². The number of hydrogen-bond acceptors (Lipinski definition) is 2. The molecular weight excluding hydrogens is 321 g/mol. The minimum atomic E-state index is -4.53. The summed E-state index contributed by atoms with van der Waals surface area (Å²) >= 11 is 0. The third-order valence-corrected chi connectivity index (χ3v) is 3.13. The molecule has 0 radical (unpaired) electrons. The van der Waals surface area contributed by atoms with Crippen molar-refractivity contribution in [2.24, 2.45) is 0 Å². The van der Waals surface area contributed by atoms with Crippen LogP contribution in [-0.2, 0) is 15.8 Å². The van der Waals surface area contributed by atoms with E-state index < -0.39 is 23.6 Å². The van der Waals surface area contributed by atoms with E-state index in [2.05, 4.69) is 10.6 Å². The highest BCUT2D eigenvalue weighted by Crippen LogP contribution is 2.30. The molecule has 2 rings (SSSR count). The lowest BCUT2D eigenvalue weighted by Crippen LogP contribution is -2.29. The summed E-state index contributed by atoms with van der Waals surface area (Å²) in [5.74, 6) is -2.01. The average molecular weight is 336 g/mol. The third-order valence-electron chi connectivity index (χ3n) is 3.13. The van der Waals surface area contributed by atoms with E-state index in [0.717, 1.165) is 29.3 Å². The van der Waals surface area contributed by atoms with Crippen LogP contribution in [0.5, 0.6) is 0 Å². The first-order valence-electron chi connectivity index (χ1n) is 7.03. The first-order valence-corrected chi connectivity index (χ1v) is 7.03. The number of amides is 2. The fourth-order valence-corrected chi connectivity index (χ4v) is 2.20. The Kier molecular flexibility index (Phi) is 4.92. The van der Waals surface area contributed by atoms with Gasteiger partial charge in [-0.3, -0.25) is 9.59 Å². The van der Waals surface area contributed by atoms with E-state index in [-0.39, 0.29) is 5.69 Å². The van der Waals surface area contributed by atoms with E-state index in [4.69, 9.17) is 0 Å². The highest BCUT2D eigenvalue weighted by atomic mass is 19.4. The molecule has 0 heterocycles. The van der Waals surface area contributed by atoms with Gasteiger partial charge in [0.2, 0.25) is 0 Å². The number of hydrogen-bond donors (Lipinski definition) is 2. The Morgan fingerprint density at radius 2 is 1.38 bits per heavy atom. The Morgan fingerprint density at radius 1 is 0.833 bits per heavy atom. The number of alkyl halides is 3. The minimum absolute atomic E-state index is 0.106. The lowest BCUT2D eigenvalue weighted by Gasteiger charge is -2.10. The summed E-state index contributed by atoms with van der Waals surface area (Å²) in [6, 6.07) is 9.34. The van der Waals surface area contributed by atoms with Crippen LogP contribution in [0.4, 0.5) is 24.5 Å². The second-order valence-electron chi connectivity index (χ2n) is 5.36. The monoisotopic (exact) mass is 336 g/mol. The molecule has 2 amide bonds. The van der Waals surface area contributed by atoms with Crippen LogP contribution < -0.4 is 10.6 Å². The number of benzene rings is 2. The Bertz CT molecular complexity index is 765. The van der Waals surface area contributed by atoms with Crippen molar-refractivity contribution < 1.29 is 22.8 Å². The van der Waals surface area contributed by atoms with Crippen LogP contribution in [0.3, 0.4) is 0 Å². The fourth-order valence-electron chi connectivity index (χ4n) is 2.20. The lowest BCUT2D eigenvalue weighted by atomic mass is 10.1. The quantitative estimate of drug-likeness (QED) is 0.817. The van der Waals surface area contributed by atoms with Gasteiger partial charge in [0.15, 0.2) is 0 Å². The fraction of sp³-hybridized carbons (Fsp3) is 0.176. The first-order chi connectivity index (χ1) is 11.1. The second kappa shape index (κ2) is 6.74. The van der Waals surface area contributed by atoms with Gasteiger partial charge in [-0.15, -0.1) is 0 Å². The van der Waals surface area contributed by atoms with Crippen molar-refractivity contribution in [3.8, 4) is 0 Å². The molecular formula is C17H15F3N2O2. The summed E-state index contributed by atoms with van der Waals surface area (Å²) in [5, 5.41) is 4.57. The Hall–Kier alpha value is -2.83. The van der Waals surface area contributed by atoms with Crippen LogP contribution >= 0.6 is 0 Å². The van der Waals surface area contributed by atoms with Gasteiger partial charge in [0.05, 0.1) is 5.56 Å². The molecule has 0 unspecified atom stereocenters. The number of aryl methyl sites for hydroxylation is 2. The molecule has 0 aliphatic rings. The zero-order chi connectivity index (χ0) is 17.9. The largest absolute Gasteiger partial charge is 0.416 e. The molecule has 0 fully saturated rings. The predicted octanol–water partition coefficient (Wildman–Crippen LogP) is 3.90. The highest BCUT2D eigenvalue weighted by Gasteiger charge is 2.30. The zero-order valence-corrected chi connectivity index (χ0v) is 13.0. The van der Waals surface area contributed by atoms with Gasteiger partial charge in [-0.25, -0.2) is 0 Å². The third kappa shape index (κ3) is 4.58. The molecule has 126 valence electrons. The van der Waals surface area contributed by atoms with Crippen molar-refractivity contribution >= 4 is 23.2 Å². The number of halogens is 3. The molecule has 0 atom stereocenters. The van der Waals surface area contributed by atoms with Crippen LogP contribution in [0.25, 0.3) is 0 Å². The smallest absolute Gasteiger partial charge is 0.318 e. The molecule has 0 spiro atoms. The van der Waals surface area contributed by atoms with Crippen molar-refractivity contribution in [3.05, 3.63) is 59.2 Å². The molecule has 0 saturated heterocycles. The van der Waals surface area contributed by atoms with E-state index in [0.29, 0.717) is 5.69 Å². The van der Waals surface area contributed by atoms with Gasteiger partial charge in [-0.05, 0) is 55.3 Å². The molecule has 0 aliphatic heterocycles. The number of nitrogens with one attached hydrogen (secondary N) is 2. The molecule has 24 heavy (non-hydrogen) atoms. The van der Waals surface area contributed by atoms with Crippen molar-refractivity contribution in [1.29, 1.82) is 0 Å². The maximum absolute atomic E-state index is 12.6. The molecule has 0 bridgehead atoms. The van der Waals surface area contributed by atoms with Crippen LogP contribution in [0, 0.1) is 13.8 Å². The van der Waals surface area contributed by atoms with Crippen molar-refractivity contribution in [1.82, 2.24) is 0 Å². The summed E-state index contributed by atoms with van der Waals surface area (Å²) in [5.41, 5.74) is 1.24. The molecule has 2 aromatic carbocycles. The van der Waals surface area contributed by atoms with Crippen LogP contribution in [0.1, 0.15) is 16.7 Å². The molecule has 7 heteroatoms. The summed E-state index contributed by atoms with van der Waals surface area (Å²) in [7, 11) is 0. The predicted molar refractivity (Wildman–Crippen MR) is 84.6 cm³/mol. The molecule has 0 saturated carbocycles. The average Bonchev–Trinajstić information content (AvgIpc) is 2.45. The van der Waals surface area contributed by atoms with Gasteiger partial charge < -0.3 is 10.6 Å². The topological polar surface area (TPSA) is 58.2 Å². The Morgan fingerprint density at radius 3 is 1.92 bits per heavy atom. The Labute approximate surface area is 136 Å². The number of carbonyl (C=O) groups is 2. The minimum Gasteiger partial charge on any atom is -0.318 e. The van der Waals surface area contributed by atoms with Crippen LogP contribution in [0.15, 0.2) is 42.5 Å². The number of rotatable bonds is 2. The Balaban J connectivity index is 2.08. The molecule has 2 aromatic rings. The normalized spacial score (nSPS) is 11.0. The molecule has 2 N–H and O–H groups in total. The summed E-state index contributed by atoms with van der Waals surface area (Å²) in [6.45, 7) is 3.68. The van der Waals surface area contributed by atoms with Gasteiger partial charge in [-0.1, -0.05) is 12.1 Å². The SMILES string of the molecule is Cc1cc(C)cc(NC(=O)C(=O)Nc2cccc(C(F)(F)F)c2)c1. The second-order valence-corrected chi connectivity index (χ2v) is 5.36. The van der Waals surface area contributed by atoms with Gasteiger partial charge in [-0.2, -0.15) is 13.2 Å². The maximum atomic E-state index is 12.6. The van der Waals surface area contributed by atoms with E-state index >= 15 is 0 Å². The van der Waals surface area contributed by atoms with Crippen molar-refractivity contribution in [2.75, 3.05) is 10.6 Å². The van der Waals surface area contributed by atoms with E-state index in [1.807, 2.05) is 19.9 Å². The molecule has 0 aromatic heterocycles. The highest BCUT2D eigenvalue weighted by molar-refractivity contribution is 6.43. The van der Waals surface area contributed by atoms with Gasteiger partial charge in [0.25, 0.3) is 0 Å². The summed E-state index contributed by atoms with van der Waals surface area (Å²) < 4.78 is 37.9. The van der Waals surface area contributed by atoms with E-state index in [1.54, 1.807) is 12.1 Å². The number of carbonyl (C=O) groups excluding carboxylic acids is 2. The standard InChI is InChI=1S/C17H15F3N2O2/c1-10-6-11(2)8-14(7-10)22-16(24)15(23)21-13-5-3-4-12(9-13)17(18,19)20/h3-9H,1-2H3,(H,21,23)(H,22,24). The van der Waals surface area contributed by atoms with Crippen molar-refractivity contribution in [3.63, 3.8) is 0 Å². The first kappa shape index (κ1) is 17.5. The zero-order valence-electron chi connectivity index (χ0n) is 13.0. The van der Waals surface area contributed by atoms with Gasteiger partial charge >= 0.3 is 18.0 Å². The van der Waals surface area contributed by atoms with Crippen LogP contribution in [0.2, 0.25) is 0 Å².